The van der Waals surface area contributed by atoms with E-state index in [-0.39, 0.29) is 6.61 Å². The molecular weight excluding hydrogens is 320 g/mol. The van der Waals surface area contributed by atoms with E-state index in [2.05, 4.69) is 10.0 Å². The summed E-state index contributed by atoms with van der Waals surface area (Å²) in [4.78, 5) is 28.8. The third-order valence-electron chi connectivity index (χ3n) is 4.03. The zero-order valence-corrected chi connectivity index (χ0v) is 13.4. The summed E-state index contributed by atoms with van der Waals surface area (Å²) in [7, 11) is 0. The monoisotopic (exact) mass is 336 g/mol. The van der Waals surface area contributed by atoms with Gasteiger partial charge in [-0.05, 0) is 23.1 Å². The summed E-state index contributed by atoms with van der Waals surface area (Å²) < 4.78 is 5.07. The first kappa shape index (κ1) is 16.5. The van der Waals surface area contributed by atoms with Crippen LogP contribution < -0.4 is 0 Å². The van der Waals surface area contributed by atoms with Crippen LogP contribution in [0.5, 0.6) is 0 Å². The van der Waals surface area contributed by atoms with Gasteiger partial charge in [-0.1, -0.05) is 65.8 Å². The molecule has 3 rings (SSSR count). The fourth-order valence-corrected chi connectivity index (χ4v) is 2.84. The van der Waals surface area contributed by atoms with Gasteiger partial charge in [0.1, 0.15) is 12.6 Å². The second kappa shape index (κ2) is 7.51. The molecule has 126 valence electrons. The van der Waals surface area contributed by atoms with Crippen LogP contribution in [-0.4, -0.2) is 29.5 Å². The highest BCUT2D eigenvalue weighted by Gasteiger charge is 2.41. The van der Waals surface area contributed by atoms with E-state index in [9.17, 15) is 9.59 Å². The number of cyclic esters (lactones) is 1. The van der Waals surface area contributed by atoms with Gasteiger partial charge in [-0.2, -0.15) is 0 Å². The summed E-state index contributed by atoms with van der Waals surface area (Å²) in [5.74, 6) is -0.576. The summed E-state index contributed by atoms with van der Waals surface area (Å²) in [6.07, 6.45) is -0.226. The van der Waals surface area contributed by atoms with Gasteiger partial charge in [0.2, 0.25) is 5.91 Å². The average molecular weight is 336 g/mol. The fourth-order valence-electron chi connectivity index (χ4n) is 2.84. The van der Waals surface area contributed by atoms with Crippen molar-refractivity contribution in [2.75, 3.05) is 6.61 Å². The third kappa shape index (κ3) is 3.62. The SMILES string of the molecule is [N-]=[N+]=NC(C(=O)N1C(=O)OC[C@@H]1Cc1ccccc1)c1ccccc1. The lowest BCUT2D eigenvalue weighted by atomic mass is 10.0. The van der Waals surface area contributed by atoms with Gasteiger partial charge < -0.3 is 4.74 Å². The topological polar surface area (TPSA) is 95.4 Å². The highest BCUT2D eigenvalue weighted by atomic mass is 16.6. The van der Waals surface area contributed by atoms with E-state index in [0.29, 0.717) is 12.0 Å². The van der Waals surface area contributed by atoms with Gasteiger partial charge in [0.25, 0.3) is 0 Å². The van der Waals surface area contributed by atoms with Crippen molar-refractivity contribution in [2.45, 2.75) is 18.5 Å². The van der Waals surface area contributed by atoms with Crippen LogP contribution in [-0.2, 0) is 16.0 Å². The Labute approximate surface area is 144 Å². The molecule has 2 aromatic rings. The Morgan fingerprint density at radius 3 is 2.48 bits per heavy atom. The zero-order chi connectivity index (χ0) is 17.6. The number of imide groups is 1. The third-order valence-corrected chi connectivity index (χ3v) is 4.03. The van der Waals surface area contributed by atoms with E-state index in [0.717, 1.165) is 10.5 Å². The first-order valence-electron chi connectivity index (χ1n) is 7.83. The van der Waals surface area contributed by atoms with Crippen molar-refractivity contribution < 1.29 is 14.3 Å². The van der Waals surface area contributed by atoms with Crippen LogP contribution in [0.2, 0.25) is 0 Å². The first-order chi connectivity index (χ1) is 12.2. The Kier molecular flexibility index (Phi) is 4.97. The molecule has 2 amide bonds. The molecule has 0 aromatic heterocycles. The van der Waals surface area contributed by atoms with Gasteiger partial charge in [0.05, 0.1) is 6.04 Å². The summed E-state index contributed by atoms with van der Waals surface area (Å²) in [5, 5.41) is 3.60. The minimum Gasteiger partial charge on any atom is -0.447 e. The number of hydrogen-bond donors (Lipinski definition) is 0. The molecule has 25 heavy (non-hydrogen) atoms. The molecule has 7 heteroatoms. The Morgan fingerprint density at radius 2 is 1.84 bits per heavy atom. The summed E-state index contributed by atoms with van der Waals surface area (Å²) in [6, 6.07) is 16.7. The van der Waals surface area contributed by atoms with Gasteiger partial charge in [0, 0.05) is 4.91 Å². The van der Waals surface area contributed by atoms with Crippen molar-refractivity contribution in [3.8, 4) is 0 Å². The number of benzene rings is 2. The lowest BCUT2D eigenvalue weighted by Gasteiger charge is -2.23. The minimum absolute atomic E-state index is 0.122. The van der Waals surface area contributed by atoms with Crippen molar-refractivity contribution in [2.24, 2.45) is 5.11 Å². The molecule has 1 aliphatic heterocycles. The minimum atomic E-state index is -1.10. The van der Waals surface area contributed by atoms with E-state index in [4.69, 9.17) is 10.3 Å². The number of nitrogens with zero attached hydrogens (tertiary/aromatic N) is 4. The summed E-state index contributed by atoms with van der Waals surface area (Å²) >= 11 is 0. The summed E-state index contributed by atoms with van der Waals surface area (Å²) in [5.41, 5.74) is 10.3. The van der Waals surface area contributed by atoms with Crippen LogP contribution in [0.3, 0.4) is 0 Å². The number of rotatable bonds is 5. The molecule has 0 bridgehead atoms. The van der Waals surface area contributed by atoms with Crippen molar-refractivity contribution in [3.05, 3.63) is 82.2 Å². The number of carbonyl (C=O) groups excluding carboxylic acids is 2. The maximum Gasteiger partial charge on any atom is 0.417 e. The average Bonchev–Trinajstić information content (AvgIpc) is 3.01. The predicted octanol–water partition coefficient (Wildman–Crippen LogP) is 3.63. The summed E-state index contributed by atoms with van der Waals surface area (Å²) in [6.45, 7) is 0.122. The van der Waals surface area contributed by atoms with E-state index < -0.39 is 24.1 Å². The Hall–Kier alpha value is -3.31. The number of carbonyl (C=O) groups is 2. The van der Waals surface area contributed by atoms with Gasteiger partial charge >= 0.3 is 6.09 Å². The van der Waals surface area contributed by atoms with Crippen molar-refractivity contribution in [1.82, 2.24) is 4.90 Å². The number of ether oxygens (including phenoxy) is 1. The van der Waals surface area contributed by atoms with Crippen LogP contribution in [0.1, 0.15) is 17.2 Å². The molecule has 1 unspecified atom stereocenters. The second-order valence-corrected chi connectivity index (χ2v) is 5.65. The van der Waals surface area contributed by atoms with E-state index in [1.54, 1.807) is 30.3 Å². The number of hydrogen-bond acceptors (Lipinski definition) is 4. The molecule has 2 aromatic carbocycles. The molecular formula is C18H16N4O3. The Balaban J connectivity index is 1.86. The molecule has 0 spiro atoms. The zero-order valence-electron chi connectivity index (χ0n) is 13.4. The number of azide groups is 1. The highest BCUT2D eigenvalue weighted by Crippen LogP contribution is 2.26. The molecule has 0 saturated carbocycles. The molecule has 0 aliphatic carbocycles. The lowest BCUT2D eigenvalue weighted by molar-refractivity contribution is -0.130. The molecule has 2 atom stereocenters. The van der Waals surface area contributed by atoms with Gasteiger partial charge in [-0.3, -0.25) is 4.79 Å². The van der Waals surface area contributed by atoms with E-state index >= 15 is 0 Å². The maximum atomic E-state index is 12.9. The van der Waals surface area contributed by atoms with Crippen molar-refractivity contribution in [3.63, 3.8) is 0 Å². The van der Waals surface area contributed by atoms with Crippen LogP contribution in [0.15, 0.2) is 65.8 Å². The normalized spacial score (nSPS) is 17.5. The Bertz CT molecular complexity index is 804. The highest BCUT2D eigenvalue weighted by molar-refractivity contribution is 5.97. The first-order valence-corrected chi connectivity index (χ1v) is 7.83. The standard InChI is InChI=1S/C18H16N4O3/c19-21-20-16(14-9-5-2-6-10-14)17(23)22-15(12-25-18(22)24)11-13-7-3-1-4-8-13/h1-10,15-16H,11-12H2/t15-,16?/m0/s1. The smallest absolute Gasteiger partial charge is 0.417 e. The molecule has 0 radical (unpaired) electrons. The molecule has 1 aliphatic rings. The van der Waals surface area contributed by atoms with Gasteiger partial charge in [0.15, 0.2) is 0 Å². The molecule has 1 saturated heterocycles. The molecule has 0 N–H and O–H groups in total. The molecule has 1 fully saturated rings. The number of amides is 2. The van der Waals surface area contributed by atoms with Crippen LogP contribution in [0.4, 0.5) is 4.79 Å². The fraction of sp³-hybridized carbons (Fsp3) is 0.222. The van der Waals surface area contributed by atoms with E-state index in [1.807, 2.05) is 30.3 Å². The van der Waals surface area contributed by atoms with Crippen molar-refractivity contribution >= 4 is 12.0 Å². The van der Waals surface area contributed by atoms with Crippen LogP contribution in [0, 0.1) is 0 Å². The maximum absolute atomic E-state index is 12.9. The van der Waals surface area contributed by atoms with Gasteiger partial charge in [-0.25, -0.2) is 9.69 Å². The molecule has 1 heterocycles. The predicted molar refractivity (Wildman–Crippen MR) is 90.5 cm³/mol. The van der Waals surface area contributed by atoms with Gasteiger partial charge in [-0.15, -0.1) is 0 Å². The Morgan fingerprint density at radius 1 is 1.20 bits per heavy atom. The lowest BCUT2D eigenvalue weighted by Crippen LogP contribution is -2.42. The van der Waals surface area contributed by atoms with Crippen molar-refractivity contribution in [1.29, 1.82) is 0 Å². The van der Waals surface area contributed by atoms with Crippen LogP contribution in [0.25, 0.3) is 10.4 Å². The van der Waals surface area contributed by atoms with E-state index in [1.165, 1.54) is 0 Å². The second-order valence-electron chi connectivity index (χ2n) is 5.65. The molecule has 7 nitrogen and oxygen atoms in total. The van der Waals surface area contributed by atoms with Crippen LogP contribution >= 0.6 is 0 Å². The quantitative estimate of drug-likeness (QED) is 0.474. The largest absolute Gasteiger partial charge is 0.447 e.